The third-order valence-corrected chi connectivity index (χ3v) is 2.71. The Kier molecular flexibility index (Phi) is 3.06. The molecule has 1 aliphatic heterocycles. The molecule has 0 aromatic carbocycles. The fourth-order valence-electron chi connectivity index (χ4n) is 1.78. The first kappa shape index (κ1) is 9.55. The topological polar surface area (TPSA) is 41.1 Å². The van der Waals surface area contributed by atoms with E-state index in [2.05, 4.69) is 27.1 Å². The standard InChI is InChI=1S/C10H16N4/c1-9(10-8-12-2-3-13-10)14-6-4-11-5-7-14/h2-3,8-9,11H,4-7H2,1H3. The lowest BCUT2D eigenvalue weighted by Gasteiger charge is -2.32. The molecule has 0 amide bonds. The van der Waals surface area contributed by atoms with E-state index in [0.29, 0.717) is 6.04 Å². The zero-order valence-corrected chi connectivity index (χ0v) is 8.48. The van der Waals surface area contributed by atoms with Gasteiger partial charge in [0.1, 0.15) is 0 Å². The molecule has 4 heteroatoms. The molecule has 76 valence electrons. The van der Waals surface area contributed by atoms with Gasteiger partial charge in [-0.15, -0.1) is 0 Å². The first-order chi connectivity index (χ1) is 6.88. The van der Waals surface area contributed by atoms with Gasteiger partial charge < -0.3 is 5.32 Å². The molecular formula is C10H16N4. The van der Waals surface area contributed by atoms with Crippen LogP contribution in [-0.4, -0.2) is 41.0 Å². The fraction of sp³-hybridized carbons (Fsp3) is 0.600. The smallest absolute Gasteiger partial charge is 0.0755 e. The fourth-order valence-corrected chi connectivity index (χ4v) is 1.78. The lowest BCUT2D eigenvalue weighted by Crippen LogP contribution is -2.44. The summed E-state index contributed by atoms with van der Waals surface area (Å²) < 4.78 is 0. The van der Waals surface area contributed by atoms with Crippen molar-refractivity contribution >= 4 is 0 Å². The van der Waals surface area contributed by atoms with Crippen molar-refractivity contribution in [2.45, 2.75) is 13.0 Å². The number of piperazine rings is 1. The maximum Gasteiger partial charge on any atom is 0.0755 e. The summed E-state index contributed by atoms with van der Waals surface area (Å²) in [4.78, 5) is 10.9. The molecular weight excluding hydrogens is 176 g/mol. The SMILES string of the molecule is CC(c1cnccn1)N1CCNCC1. The molecule has 0 radical (unpaired) electrons. The maximum atomic E-state index is 4.33. The summed E-state index contributed by atoms with van der Waals surface area (Å²) in [6.45, 7) is 6.53. The van der Waals surface area contributed by atoms with Crippen molar-refractivity contribution in [3.63, 3.8) is 0 Å². The zero-order valence-electron chi connectivity index (χ0n) is 8.48. The van der Waals surface area contributed by atoms with Crippen molar-refractivity contribution in [3.8, 4) is 0 Å². The van der Waals surface area contributed by atoms with Crippen LogP contribution in [0.4, 0.5) is 0 Å². The summed E-state index contributed by atoms with van der Waals surface area (Å²) in [5, 5.41) is 3.34. The lowest BCUT2D eigenvalue weighted by molar-refractivity contribution is 0.182. The largest absolute Gasteiger partial charge is 0.314 e. The second kappa shape index (κ2) is 4.48. The van der Waals surface area contributed by atoms with Crippen LogP contribution in [0, 0.1) is 0 Å². The van der Waals surface area contributed by atoms with Crippen LogP contribution in [0.25, 0.3) is 0 Å². The Hall–Kier alpha value is -1.00. The number of nitrogens with zero attached hydrogens (tertiary/aromatic N) is 3. The third kappa shape index (κ3) is 2.08. The Morgan fingerprint density at radius 1 is 1.36 bits per heavy atom. The summed E-state index contributed by atoms with van der Waals surface area (Å²) in [7, 11) is 0. The van der Waals surface area contributed by atoms with Crippen molar-refractivity contribution in [1.82, 2.24) is 20.2 Å². The monoisotopic (exact) mass is 192 g/mol. The van der Waals surface area contributed by atoms with Crippen LogP contribution in [0.3, 0.4) is 0 Å². The van der Waals surface area contributed by atoms with Crippen LogP contribution >= 0.6 is 0 Å². The summed E-state index contributed by atoms with van der Waals surface area (Å²) in [6.07, 6.45) is 5.33. The summed E-state index contributed by atoms with van der Waals surface area (Å²) in [5.74, 6) is 0. The highest BCUT2D eigenvalue weighted by atomic mass is 15.2. The molecule has 1 aromatic heterocycles. The van der Waals surface area contributed by atoms with Gasteiger partial charge in [0.2, 0.25) is 0 Å². The Morgan fingerprint density at radius 3 is 2.79 bits per heavy atom. The Bertz CT molecular complexity index is 269. The molecule has 1 fully saturated rings. The van der Waals surface area contributed by atoms with E-state index in [1.165, 1.54) is 0 Å². The van der Waals surface area contributed by atoms with Gasteiger partial charge in [-0.3, -0.25) is 14.9 Å². The molecule has 14 heavy (non-hydrogen) atoms. The van der Waals surface area contributed by atoms with E-state index in [9.17, 15) is 0 Å². The average Bonchev–Trinajstić information content (AvgIpc) is 2.30. The van der Waals surface area contributed by atoms with Crippen LogP contribution in [0.2, 0.25) is 0 Å². The van der Waals surface area contributed by atoms with Gasteiger partial charge in [0.25, 0.3) is 0 Å². The first-order valence-electron chi connectivity index (χ1n) is 5.08. The lowest BCUT2D eigenvalue weighted by atomic mass is 10.2. The number of hydrogen-bond acceptors (Lipinski definition) is 4. The van der Waals surface area contributed by atoms with Gasteiger partial charge in [-0.2, -0.15) is 0 Å². The number of aromatic nitrogens is 2. The highest BCUT2D eigenvalue weighted by Gasteiger charge is 2.18. The number of rotatable bonds is 2. The minimum atomic E-state index is 0.380. The van der Waals surface area contributed by atoms with Crippen molar-refractivity contribution in [3.05, 3.63) is 24.3 Å². The van der Waals surface area contributed by atoms with Gasteiger partial charge in [0.05, 0.1) is 11.7 Å². The second-order valence-electron chi connectivity index (χ2n) is 3.59. The molecule has 0 bridgehead atoms. The predicted octanol–water partition coefficient (Wildman–Crippen LogP) is 0.443. The van der Waals surface area contributed by atoms with Crippen LogP contribution < -0.4 is 5.32 Å². The Balaban J connectivity index is 2.03. The van der Waals surface area contributed by atoms with Gasteiger partial charge in [-0.25, -0.2) is 0 Å². The van der Waals surface area contributed by atoms with Gasteiger partial charge in [0.15, 0.2) is 0 Å². The van der Waals surface area contributed by atoms with Crippen LogP contribution in [0.5, 0.6) is 0 Å². The van der Waals surface area contributed by atoms with E-state index in [4.69, 9.17) is 0 Å². The molecule has 0 saturated carbocycles. The van der Waals surface area contributed by atoms with Crippen molar-refractivity contribution in [2.75, 3.05) is 26.2 Å². The second-order valence-corrected chi connectivity index (χ2v) is 3.59. The molecule has 2 heterocycles. The van der Waals surface area contributed by atoms with E-state index in [0.717, 1.165) is 31.9 Å². The van der Waals surface area contributed by atoms with Crippen LogP contribution in [-0.2, 0) is 0 Å². The first-order valence-corrected chi connectivity index (χ1v) is 5.08. The van der Waals surface area contributed by atoms with Gasteiger partial charge >= 0.3 is 0 Å². The third-order valence-electron chi connectivity index (χ3n) is 2.71. The van der Waals surface area contributed by atoms with Gasteiger partial charge in [0, 0.05) is 44.8 Å². The quantitative estimate of drug-likeness (QED) is 0.738. The molecule has 1 aromatic rings. The maximum absolute atomic E-state index is 4.33. The molecule has 1 unspecified atom stereocenters. The highest BCUT2D eigenvalue weighted by molar-refractivity contribution is 5.01. The molecule has 1 atom stereocenters. The van der Waals surface area contributed by atoms with Crippen molar-refractivity contribution in [1.29, 1.82) is 0 Å². The molecule has 0 aliphatic carbocycles. The van der Waals surface area contributed by atoms with Gasteiger partial charge in [-0.1, -0.05) is 0 Å². The Morgan fingerprint density at radius 2 is 2.14 bits per heavy atom. The van der Waals surface area contributed by atoms with Crippen LogP contribution in [0.15, 0.2) is 18.6 Å². The highest BCUT2D eigenvalue weighted by Crippen LogP contribution is 2.16. The van der Waals surface area contributed by atoms with E-state index in [1.807, 2.05) is 6.20 Å². The molecule has 1 N–H and O–H groups in total. The summed E-state index contributed by atoms with van der Waals surface area (Å²) >= 11 is 0. The van der Waals surface area contributed by atoms with Gasteiger partial charge in [-0.05, 0) is 6.92 Å². The normalized spacial score (nSPS) is 20.6. The van der Waals surface area contributed by atoms with E-state index < -0.39 is 0 Å². The molecule has 4 nitrogen and oxygen atoms in total. The minimum Gasteiger partial charge on any atom is -0.314 e. The summed E-state index contributed by atoms with van der Waals surface area (Å²) in [5.41, 5.74) is 1.06. The molecule has 1 aliphatic rings. The van der Waals surface area contributed by atoms with Crippen molar-refractivity contribution in [2.24, 2.45) is 0 Å². The van der Waals surface area contributed by atoms with E-state index in [-0.39, 0.29) is 0 Å². The Labute approximate surface area is 84.4 Å². The molecule has 0 spiro atoms. The molecule has 2 rings (SSSR count). The van der Waals surface area contributed by atoms with Crippen LogP contribution in [0.1, 0.15) is 18.7 Å². The van der Waals surface area contributed by atoms with Crippen molar-refractivity contribution < 1.29 is 0 Å². The summed E-state index contributed by atoms with van der Waals surface area (Å²) in [6, 6.07) is 0.380. The van der Waals surface area contributed by atoms with E-state index in [1.54, 1.807) is 12.4 Å². The number of hydrogen-bond donors (Lipinski definition) is 1. The predicted molar refractivity (Wildman–Crippen MR) is 54.9 cm³/mol. The molecule has 1 saturated heterocycles. The minimum absolute atomic E-state index is 0.380. The number of nitrogens with one attached hydrogen (secondary N) is 1. The zero-order chi connectivity index (χ0) is 9.80. The average molecular weight is 192 g/mol. The van der Waals surface area contributed by atoms with E-state index >= 15 is 0 Å².